The van der Waals surface area contributed by atoms with Crippen molar-refractivity contribution in [3.05, 3.63) is 48.0 Å². The van der Waals surface area contributed by atoms with E-state index in [0.717, 1.165) is 9.79 Å². The van der Waals surface area contributed by atoms with E-state index in [9.17, 15) is 9.59 Å². The number of hydrogen-bond donors (Lipinski definition) is 0. The summed E-state index contributed by atoms with van der Waals surface area (Å²) in [5.41, 5.74) is 1.07. The van der Waals surface area contributed by atoms with Crippen molar-refractivity contribution in [3.63, 3.8) is 0 Å². The molecule has 0 aliphatic rings. The van der Waals surface area contributed by atoms with Gasteiger partial charge < -0.3 is 9.80 Å². The third-order valence-electron chi connectivity index (χ3n) is 3.06. The Hall–Kier alpha value is -2.06. The minimum Gasteiger partial charge on any atom is -0.345 e. The molecule has 0 spiro atoms. The first-order chi connectivity index (χ1) is 11.4. The molecule has 0 saturated carbocycles. The molecule has 0 aromatic carbocycles. The van der Waals surface area contributed by atoms with Crippen molar-refractivity contribution < 1.29 is 9.59 Å². The van der Waals surface area contributed by atoms with Gasteiger partial charge in [0.15, 0.2) is 0 Å². The van der Waals surface area contributed by atoms with Gasteiger partial charge in [0.2, 0.25) is 0 Å². The molecule has 126 valence electrons. The van der Waals surface area contributed by atoms with Gasteiger partial charge >= 0.3 is 0 Å². The van der Waals surface area contributed by atoms with Gasteiger partial charge in [-0.25, -0.2) is 0 Å². The zero-order valence-corrected chi connectivity index (χ0v) is 15.5. The molecule has 0 atom stereocenters. The van der Waals surface area contributed by atoms with E-state index in [4.69, 9.17) is 0 Å². The fourth-order valence-electron chi connectivity index (χ4n) is 1.80. The van der Waals surface area contributed by atoms with Crippen LogP contribution in [0.4, 0.5) is 0 Å². The Kier molecular flexibility index (Phi) is 6.22. The second kappa shape index (κ2) is 8.16. The monoisotopic (exact) mass is 362 g/mol. The van der Waals surface area contributed by atoms with Gasteiger partial charge in [0.25, 0.3) is 11.8 Å². The van der Waals surface area contributed by atoms with Crippen LogP contribution >= 0.6 is 21.6 Å². The van der Waals surface area contributed by atoms with Crippen molar-refractivity contribution in [2.45, 2.75) is 9.79 Å². The number of carbonyl (C=O) groups excluding carboxylic acids is 2. The van der Waals surface area contributed by atoms with E-state index in [1.54, 1.807) is 65.1 Å². The van der Waals surface area contributed by atoms with Crippen LogP contribution in [0, 0.1) is 0 Å². The zero-order chi connectivity index (χ0) is 17.7. The van der Waals surface area contributed by atoms with Gasteiger partial charge in [-0.2, -0.15) is 0 Å². The van der Waals surface area contributed by atoms with Crippen LogP contribution < -0.4 is 0 Å². The lowest BCUT2D eigenvalue weighted by Crippen LogP contribution is -2.22. The molecule has 0 unspecified atom stereocenters. The normalized spacial score (nSPS) is 10.3. The summed E-state index contributed by atoms with van der Waals surface area (Å²) < 4.78 is 0. The predicted octanol–water partition coefficient (Wildman–Crippen LogP) is 2.68. The Morgan fingerprint density at radius 3 is 1.50 bits per heavy atom. The van der Waals surface area contributed by atoms with Gasteiger partial charge in [-0.15, -0.1) is 0 Å². The first-order valence-corrected chi connectivity index (χ1v) is 9.22. The van der Waals surface area contributed by atoms with E-state index in [2.05, 4.69) is 9.97 Å². The highest BCUT2D eigenvalue weighted by atomic mass is 33.1. The van der Waals surface area contributed by atoms with Gasteiger partial charge in [-0.05, 0) is 12.1 Å². The summed E-state index contributed by atoms with van der Waals surface area (Å²) >= 11 is 0. The molecule has 2 rings (SSSR count). The second-order valence-corrected chi connectivity index (χ2v) is 7.52. The Balaban J connectivity index is 2.24. The maximum absolute atomic E-state index is 12.2. The number of amides is 2. The molecule has 0 bridgehead atoms. The van der Waals surface area contributed by atoms with Crippen LogP contribution in [0.5, 0.6) is 0 Å². The number of rotatable bonds is 5. The van der Waals surface area contributed by atoms with Crippen LogP contribution in [-0.2, 0) is 0 Å². The molecule has 2 heterocycles. The molecular formula is C16H18N4O2S2. The highest BCUT2D eigenvalue weighted by Gasteiger charge is 2.17. The van der Waals surface area contributed by atoms with Crippen LogP contribution in [0.1, 0.15) is 20.7 Å². The predicted molar refractivity (Wildman–Crippen MR) is 96.2 cm³/mol. The van der Waals surface area contributed by atoms with Gasteiger partial charge in [0.05, 0.1) is 11.1 Å². The van der Waals surface area contributed by atoms with E-state index in [-0.39, 0.29) is 11.8 Å². The van der Waals surface area contributed by atoms with Gasteiger partial charge in [-0.1, -0.05) is 21.6 Å². The summed E-state index contributed by atoms with van der Waals surface area (Å²) in [4.78, 5) is 37.2. The molecule has 8 heteroatoms. The molecule has 0 N–H and O–H groups in total. The fraction of sp³-hybridized carbons (Fsp3) is 0.250. The van der Waals surface area contributed by atoms with Crippen LogP contribution in [0.15, 0.2) is 46.7 Å². The highest BCUT2D eigenvalue weighted by molar-refractivity contribution is 8.76. The number of aromatic nitrogens is 2. The van der Waals surface area contributed by atoms with E-state index in [1.165, 1.54) is 31.4 Å². The van der Waals surface area contributed by atoms with Crippen molar-refractivity contribution in [2.24, 2.45) is 0 Å². The largest absolute Gasteiger partial charge is 0.345 e. The zero-order valence-electron chi connectivity index (χ0n) is 13.9. The number of hydrogen-bond acceptors (Lipinski definition) is 6. The highest BCUT2D eigenvalue weighted by Crippen LogP contribution is 2.40. The Morgan fingerprint density at radius 1 is 0.792 bits per heavy atom. The van der Waals surface area contributed by atoms with E-state index < -0.39 is 0 Å². The van der Waals surface area contributed by atoms with Crippen LogP contribution in [0.2, 0.25) is 0 Å². The Morgan fingerprint density at radius 2 is 1.17 bits per heavy atom. The van der Waals surface area contributed by atoms with E-state index in [0.29, 0.717) is 11.1 Å². The summed E-state index contributed by atoms with van der Waals surface area (Å²) in [6.45, 7) is 0. The van der Waals surface area contributed by atoms with E-state index >= 15 is 0 Å². The molecule has 0 aliphatic carbocycles. The van der Waals surface area contributed by atoms with Crippen LogP contribution in [-0.4, -0.2) is 59.8 Å². The molecule has 0 saturated heterocycles. The van der Waals surface area contributed by atoms with Crippen molar-refractivity contribution in [2.75, 3.05) is 28.2 Å². The second-order valence-electron chi connectivity index (χ2n) is 5.31. The SMILES string of the molecule is CN(C)C(=O)c1cnccc1SSc1ccncc1C(=O)N(C)C. The third-order valence-corrected chi connectivity index (χ3v) is 5.54. The van der Waals surface area contributed by atoms with Crippen molar-refractivity contribution in [3.8, 4) is 0 Å². The first kappa shape index (κ1) is 18.3. The van der Waals surface area contributed by atoms with Crippen LogP contribution in [0.25, 0.3) is 0 Å². The molecule has 0 radical (unpaired) electrons. The molecule has 0 fully saturated rings. The van der Waals surface area contributed by atoms with Crippen LogP contribution in [0.3, 0.4) is 0 Å². The molecular weight excluding hydrogens is 344 g/mol. The lowest BCUT2D eigenvalue weighted by atomic mass is 10.2. The maximum Gasteiger partial charge on any atom is 0.256 e. The summed E-state index contributed by atoms with van der Waals surface area (Å²) in [5.74, 6) is -0.212. The standard InChI is InChI=1S/C16H18N4O2S2/c1-19(2)15(21)11-9-17-7-5-13(11)23-24-14-6-8-18-10-12(14)16(22)20(3)4/h5-10H,1-4H3. The number of pyridine rings is 2. The average molecular weight is 362 g/mol. The summed E-state index contributed by atoms with van der Waals surface area (Å²) in [7, 11) is 9.65. The number of nitrogens with zero attached hydrogens (tertiary/aromatic N) is 4. The topological polar surface area (TPSA) is 66.4 Å². The number of carbonyl (C=O) groups is 2. The van der Waals surface area contributed by atoms with Gasteiger partial charge in [0, 0.05) is 62.8 Å². The van der Waals surface area contributed by atoms with Crippen molar-refractivity contribution in [1.29, 1.82) is 0 Å². The average Bonchev–Trinajstić information content (AvgIpc) is 2.59. The molecule has 2 aromatic rings. The quantitative estimate of drug-likeness (QED) is 0.762. The lowest BCUT2D eigenvalue weighted by Gasteiger charge is -2.14. The third kappa shape index (κ3) is 4.27. The summed E-state index contributed by atoms with van der Waals surface area (Å²) in [6, 6.07) is 3.59. The van der Waals surface area contributed by atoms with Crippen molar-refractivity contribution in [1.82, 2.24) is 19.8 Å². The minimum absolute atomic E-state index is 0.106. The smallest absolute Gasteiger partial charge is 0.256 e. The molecule has 24 heavy (non-hydrogen) atoms. The lowest BCUT2D eigenvalue weighted by molar-refractivity contribution is 0.0816. The maximum atomic E-state index is 12.2. The summed E-state index contributed by atoms with van der Waals surface area (Å²) in [6.07, 6.45) is 6.41. The molecule has 0 aliphatic heterocycles. The first-order valence-electron chi connectivity index (χ1n) is 7.07. The van der Waals surface area contributed by atoms with Gasteiger partial charge in [0.1, 0.15) is 0 Å². The van der Waals surface area contributed by atoms with Gasteiger partial charge in [-0.3, -0.25) is 19.6 Å². The molecule has 2 amide bonds. The van der Waals surface area contributed by atoms with E-state index in [1.807, 2.05) is 0 Å². The van der Waals surface area contributed by atoms with Crippen molar-refractivity contribution >= 4 is 33.4 Å². The fourth-order valence-corrected chi connectivity index (χ4v) is 4.08. The molecule has 2 aromatic heterocycles. The summed E-state index contributed by atoms with van der Waals surface area (Å²) in [5, 5.41) is 0. The Labute approximate surface area is 149 Å². The molecule has 6 nitrogen and oxygen atoms in total. The Bertz CT molecular complexity index is 687. The minimum atomic E-state index is -0.106.